The van der Waals surface area contributed by atoms with E-state index in [9.17, 15) is 4.79 Å². The molecular formula is C29H32N2O3. The third kappa shape index (κ3) is 5.42. The van der Waals surface area contributed by atoms with Gasteiger partial charge >= 0.3 is 0 Å². The Bertz CT molecular complexity index is 1230. The van der Waals surface area contributed by atoms with Crippen molar-refractivity contribution in [1.82, 2.24) is 10.3 Å². The molecule has 0 unspecified atom stereocenters. The molecule has 1 heterocycles. The largest absolute Gasteiger partial charge is 0.493 e. The fraction of sp³-hybridized carbons (Fsp3) is 0.276. The molecule has 0 bridgehead atoms. The van der Waals surface area contributed by atoms with E-state index in [2.05, 4.69) is 41.5 Å². The van der Waals surface area contributed by atoms with E-state index in [1.165, 1.54) is 5.56 Å². The Labute approximate surface area is 201 Å². The Morgan fingerprint density at radius 2 is 1.68 bits per heavy atom. The van der Waals surface area contributed by atoms with E-state index in [1.807, 2.05) is 54.7 Å². The summed E-state index contributed by atoms with van der Waals surface area (Å²) in [6, 6.07) is 24.5. The number of carbonyl (C=O) groups is 1. The first-order valence-electron chi connectivity index (χ1n) is 11.7. The fourth-order valence-corrected chi connectivity index (χ4v) is 4.48. The highest BCUT2D eigenvalue weighted by molar-refractivity contribution is 5.86. The Hall–Kier alpha value is -3.73. The van der Waals surface area contributed by atoms with Crippen LogP contribution in [0.3, 0.4) is 0 Å². The number of H-pyrrole nitrogens is 1. The summed E-state index contributed by atoms with van der Waals surface area (Å²) in [4.78, 5) is 16.5. The minimum Gasteiger partial charge on any atom is -0.493 e. The van der Waals surface area contributed by atoms with Crippen molar-refractivity contribution in [3.63, 3.8) is 0 Å². The number of carbonyl (C=O) groups excluding carboxylic acids is 1. The predicted molar refractivity (Wildman–Crippen MR) is 137 cm³/mol. The van der Waals surface area contributed by atoms with Crippen molar-refractivity contribution < 1.29 is 14.3 Å². The number of amides is 1. The van der Waals surface area contributed by atoms with E-state index in [4.69, 9.17) is 9.47 Å². The number of aromatic amines is 1. The maximum Gasteiger partial charge on any atom is 0.221 e. The molecule has 0 aliphatic rings. The molecule has 0 fully saturated rings. The summed E-state index contributed by atoms with van der Waals surface area (Å²) in [5.41, 5.74) is 4.44. The zero-order valence-electron chi connectivity index (χ0n) is 20.0. The van der Waals surface area contributed by atoms with Crippen LogP contribution >= 0.6 is 0 Å². The molecule has 34 heavy (non-hydrogen) atoms. The highest BCUT2D eigenvalue weighted by atomic mass is 16.5. The smallest absolute Gasteiger partial charge is 0.221 e. The number of para-hydroxylation sites is 1. The Morgan fingerprint density at radius 1 is 0.941 bits per heavy atom. The van der Waals surface area contributed by atoms with Gasteiger partial charge in [0.15, 0.2) is 11.5 Å². The lowest BCUT2D eigenvalue weighted by molar-refractivity contribution is -0.121. The number of nitrogens with one attached hydrogen (secondary N) is 2. The topological polar surface area (TPSA) is 63.3 Å². The molecule has 176 valence electrons. The number of rotatable bonds is 10. The van der Waals surface area contributed by atoms with E-state index in [-0.39, 0.29) is 17.9 Å². The number of aryl methyl sites for hydroxylation is 1. The molecule has 5 nitrogen and oxygen atoms in total. The van der Waals surface area contributed by atoms with Crippen LogP contribution in [0.15, 0.2) is 79.0 Å². The summed E-state index contributed by atoms with van der Waals surface area (Å²) < 4.78 is 11.0. The molecule has 1 aromatic heterocycles. The minimum absolute atomic E-state index is 0.0330. The molecule has 3 aromatic carbocycles. The Balaban J connectivity index is 1.55. The molecule has 5 heteroatoms. The van der Waals surface area contributed by atoms with Gasteiger partial charge in [-0.25, -0.2) is 0 Å². The van der Waals surface area contributed by atoms with Crippen molar-refractivity contribution in [2.24, 2.45) is 0 Å². The van der Waals surface area contributed by atoms with Crippen LogP contribution in [-0.2, 0) is 11.2 Å². The SMILES string of the molecule is COc1ccc([C@H](CC(=O)N[C@H](C)CCc2ccccc2)c2c[nH]c3ccccc23)cc1OC. The quantitative estimate of drug-likeness (QED) is 0.315. The summed E-state index contributed by atoms with van der Waals surface area (Å²) in [5, 5.41) is 4.32. The summed E-state index contributed by atoms with van der Waals surface area (Å²) in [6.45, 7) is 2.07. The van der Waals surface area contributed by atoms with Crippen molar-refractivity contribution in [1.29, 1.82) is 0 Å². The van der Waals surface area contributed by atoms with Crippen molar-refractivity contribution in [2.75, 3.05) is 14.2 Å². The second-order valence-corrected chi connectivity index (χ2v) is 8.65. The number of hydrogen-bond acceptors (Lipinski definition) is 3. The van der Waals surface area contributed by atoms with Gasteiger partial charge in [-0.15, -0.1) is 0 Å². The lowest BCUT2D eigenvalue weighted by Crippen LogP contribution is -2.33. The van der Waals surface area contributed by atoms with Gasteiger partial charge in [-0.1, -0.05) is 54.6 Å². The van der Waals surface area contributed by atoms with Gasteiger partial charge in [0.2, 0.25) is 5.91 Å². The van der Waals surface area contributed by atoms with Gasteiger partial charge in [-0.05, 0) is 54.7 Å². The average Bonchev–Trinajstić information content (AvgIpc) is 3.30. The lowest BCUT2D eigenvalue weighted by atomic mass is 9.87. The number of ether oxygens (including phenoxy) is 2. The lowest BCUT2D eigenvalue weighted by Gasteiger charge is -2.21. The third-order valence-electron chi connectivity index (χ3n) is 6.31. The molecule has 4 aromatic rings. The van der Waals surface area contributed by atoms with Crippen molar-refractivity contribution in [3.8, 4) is 11.5 Å². The number of aromatic nitrogens is 1. The summed E-state index contributed by atoms with van der Waals surface area (Å²) in [6.07, 6.45) is 4.18. The van der Waals surface area contributed by atoms with Crippen LogP contribution in [0, 0.1) is 0 Å². The first kappa shape index (κ1) is 23.4. The molecule has 2 atom stereocenters. The molecule has 0 radical (unpaired) electrons. The van der Waals surface area contributed by atoms with E-state index in [1.54, 1.807) is 14.2 Å². The van der Waals surface area contributed by atoms with Gasteiger partial charge in [0, 0.05) is 35.5 Å². The van der Waals surface area contributed by atoms with Gasteiger partial charge in [0.05, 0.1) is 14.2 Å². The van der Waals surface area contributed by atoms with E-state index in [0.29, 0.717) is 17.9 Å². The first-order valence-corrected chi connectivity index (χ1v) is 11.7. The summed E-state index contributed by atoms with van der Waals surface area (Å²) in [7, 11) is 3.25. The van der Waals surface area contributed by atoms with Crippen LogP contribution in [-0.4, -0.2) is 31.2 Å². The van der Waals surface area contributed by atoms with E-state index >= 15 is 0 Å². The van der Waals surface area contributed by atoms with Crippen molar-refractivity contribution in [3.05, 3.63) is 95.7 Å². The third-order valence-corrected chi connectivity index (χ3v) is 6.31. The molecule has 0 saturated heterocycles. The Morgan fingerprint density at radius 3 is 2.44 bits per heavy atom. The van der Waals surface area contributed by atoms with Crippen LogP contribution in [0.2, 0.25) is 0 Å². The maximum absolute atomic E-state index is 13.2. The summed E-state index contributed by atoms with van der Waals surface area (Å²) in [5.74, 6) is 1.23. The normalized spacial score (nSPS) is 12.8. The van der Waals surface area contributed by atoms with Crippen molar-refractivity contribution in [2.45, 2.75) is 38.1 Å². The molecule has 0 saturated carbocycles. The number of methoxy groups -OCH3 is 2. The van der Waals surface area contributed by atoms with E-state index < -0.39 is 0 Å². The zero-order chi connectivity index (χ0) is 23.9. The van der Waals surface area contributed by atoms with Gasteiger partial charge in [-0.2, -0.15) is 0 Å². The molecule has 4 rings (SSSR count). The molecule has 0 aliphatic heterocycles. The van der Waals surface area contributed by atoms with Crippen LogP contribution in [0.5, 0.6) is 11.5 Å². The second-order valence-electron chi connectivity index (χ2n) is 8.65. The van der Waals surface area contributed by atoms with E-state index in [0.717, 1.165) is 34.9 Å². The monoisotopic (exact) mass is 456 g/mol. The first-order chi connectivity index (χ1) is 16.6. The van der Waals surface area contributed by atoms with Gasteiger partial charge < -0.3 is 19.8 Å². The van der Waals surface area contributed by atoms with Crippen LogP contribution in [0.4, 0.5) is 0 Å². The summed E-state index contributed by atoms with van der Waals surface area (Å²) >= 11 is 0. The molecule has 0 spiro atoms. The van der Waals surface area contributed by atoms with Gasteiger partial charge in [-0.3, -0.25) is 4.79 Å². The average molecular weight is 457 g/mol. The van der Waals surface area contributed by atoms with Gasteiger partial charge in [0.25, 0.3) is 0 Å². The molecular weight excluding hydrogens is 424 g/mol. The molecule has 1 amide bonds. The number of benzene rings is 3. The van der Waals surface area contributed by atoms with Gasteiger partial charge in [0.1, 0.15) is 0 Å². The van der Waals surface area contributed by atoms with Crippen LogP contribution in [0.25, 0.3) is 10.9 Å². The second kappa shape index (κ2) is 10.9. The minimum atomic E-state index is -0.128. The van der Waals surface area contributed by atoms with Crippen LogP contribution < -0.4 is 14.8 Å². The predicted octanol–water partition coefficient (Wildman–Crippen LogP) is 5.84. The number of hydrogen-bond donors (Lipinski definition) is 2. The Kier molecular flexibility index (Phi) is 7.53. The van der Waals surface area contributed by atoms with Crippen molar-refractivity contribution >= 4 is 16.8 Å². The standard InChI is InChI=1S/C29H32N2O3/c1-20(13-14-21-9-5-4-6-10-21)31-29(32)18-24(22-15-16-27(33-2)28(17-22)34-3)25-19-30-26-12-8-7-11-23(25)26/h4-12,15-17,19-20,24,30H,13-14,18H2,1-3H3,(H,31,32)/t20-,24+/m1/s1. The maximum atomic E-state index is 13.2. The van der Waals surface area contributed by atoms with Crippen LogP contribution in [0.1, 0.15) is 42.4 Å². The zero-order valence-corrected chi connectivity index (χ0v) is 20.0. The highest BCUT2D eigenvalue weighted by Crippen LogP contribution is 2.37. The highest BCUT2D eigenvalue weighted by Gasteiger charge is 2.23. The fourth-order valence-electron chi connectivity index (χ4n) is 4.48. The molecule has 0 aliphatic carbocycles. The number of fused-ring (bicyclic) bond motifs is 1. The molecule has 2 N–H and O–H groups in total.